The first-order valence-electron chi connectivity index (χ1n) is 9.03. The smallest absolute Gasteiger partial charge is 0.262 e. The van der Waals surface area contributed by atoms with Crippen LogP contribution >= 0.6 is 23.4 Å². The van der Waals surface area contributed by atoms with Crippen LogP contribution in [0.3, 0.4) is 0 Å². The van der Waals surface area contributed by atoms with Gasteiger partial charge in [-0.3, -0.25) is 14.2 Å². The summed E-state index contributed by atoms with van der Waals surface area (Å²) >= 11 is 7.24. The zero-order valence-electron chi connectivity index (χ0n) is 15.1. The molecule has 1 aromatic carbocycles. The fourth-order valence-electron chi connectivity index (χ4n) is 3.38. The maximum Gasteiger partial charge on any atom is 0.262 e. The summed E-state index contributed by atoms with van der Waals surface area (Å²) in [4.78, 5) is 29.7. The number of nitriles is 1. The second kappa shape index (κ2) is 8.32. The van der Waals surface area contributed by atoms with Gasteiger partial charge >= 0.3 is 0 Å². The molecular weight excluding hydrogens is 384 g/mol. The zero-order chi connectivity index (χ0) is 19.4. The van der Waals surface area contributed by atoms with E-state index in [2.05, 4.69) is 16.4 Å². The molecule has 0 atom stereocenters. The number of fused-ring (bicyclic) bond motifs is 1. The van der Waals surface area contributed by atoms with E-state index in [0.717, 1.165) is 19.3 Å². The van der Waals surface area contributed by atoms with Crippen molar-refractivity contribution in [3.05, 3.63) is 33.6 Å². The first kappa shape index (κ1) is 19.7. The molecule has 2 aromatic rings. The maximum absolute atomic E-state index is 12.8. The fourth-order valence-corrected chi connectivity index (χ4v) is 4.37. The van der Waals surface area contributed by atoms with Gasteiger partial charge in [0.15, 0.2) is 5.16 Å². The van der Waals surface area contributed by atoms with Crippen LogP contribution in [0, 0.1) is 11.3 Å². The number of hydrogen-bond acceptors (Lipinski definition) is 5. The van der Waals surface area contributed by atoms with Crippen molar-refractivity contribution >= 4 is 40.2 Å². The molecule has 0 aliphatic heterocycles. The van der Waals surface area contributed by atoms with Gasteiger partial charge in [0.2, 0.25) is 5.91 Å². The molecule has 1 aliphatic carbocycles. The molecule has 0 spiro atoms. The number of nitrogens with one attached hydrogen (secondary N) is 1. The van der Waals surface area contributed by atoms with E-state index in [0.29, 0.717) is 40.5 Å². The lowest BCUT2D eigenvalue weighted by Crippen LogP contribution is -2.45. The highest BCUT2D eigenvalue weighted by atomic mass is 35.5. The Labute approximate surface area is 166 Å². The lowest BCUT2D eigenvalue weighted by atomic mass is 10.0. The number of halogens is 1. The molecule has 0 radical (unpaired) electrons. The quantitative estimate of drug-likeness (QED) is 0.588. The van der Waals surface area contributed by atoms with Gasteiger partial charge in [-0.1, -0.05) is 30.3 Å². The molecule has 0 unspecified atom stereocenters. The Morgan fingerprint density at radius 2 is 2.19 bits per heavy atom. The van der Waals surface area contributed by atoms with Crippen LogP contribution in [0.5, 0.6) is 0 Å². The Kier molecular flexibility index (Phi) is 6.08. The fraction of sp³-hybridized carbons (Fsp3) is 0.474. The minimum absolute atomic E-state index is 0.103. The second-order valence-electron chi connectivity index (χ2n) is 6.75. The normalized spacial score (nSPS) is 15.6. The van der Waals surface area contributed by atoms with Gasteiger partial charge < -0.3 is 5.32 Å². The van der Waals surface area contributed by atoms with Crippen LogP contribution in [0.4, 0.5) is 0 Å². The third-order valence-electron chi connectivity index (χ3n) is 4.71. The van der Waals surface area contributed by atoms with Gasteiger partial charge in [-0.2, -0.15) is 5.26 Å². The lowest BCUT2D eigenvalue weighted by molar-refractivity contribution is -0.119. The number of thioether (sulfide) groups is 1. The van der Waals surface area contributed by atoms with E-state index in [9.17, 15) is 14.9 Å². The van der Waals surface area contributed by atoms with Gasteiger partial charge in [-0.05, 0) is 50.3 Å². The Hall–Kier alpha value is -2.04. The zero-order valence-corrected chi connectivity index (χ0v) is 16.7. The molecule has 3 rings (SSSR count). The van der Waals surface area contributed by atoms with Crippen LogP contribution in [0.15, 0.2) is 28.2 Å². The standard InChI is InChI=1S/C19H21ClN4O2S/c1-2-9-24-17(26)14-6-5-13(20)10-15(14)22-18(24)27-11-16(25)23-19(12-21)7-3-4-8-19/h5-6,10H,2-4,7-9,11H2,1H3,(H,23,25). The average Bonchev–Trinajstić information content (AvgIpc) is 3.11. The minimum Gasteiger partial charge on any atom is -0.337 e. The van der Waals surface area contributed by atoms with Crippen molar-refractivity contribution in [1.29, 1.82) is 5.26 Å². The highest BCUT2D eigenvalue weighted by Gasteiger charge is 2.35. The molecule has 1 heterocycles. The summed E-state index contributed by atoms with van der Waals surface area (Å²) in [6.45, 7) is 2.51. The van der Waals surface area contributed by atoms with Crippen molar-refractivity contribution in [3.63, 3.8) is 0 Å². The predicted octanol–water partition coefficient (Wildman–Crippen LogP) is 3.50. The molecule has 0 saturated heterocycles. The number of nitrogens with zero attached hydrogens (tertiary/aromatic N) is 3. The van der Waals surface area contributed by atoms with E-state index in [-0.39, 0.29) is 17.2 Å². The summed E-state index contributed by atoms with van der Waals surface area (Å²) in [7, 11) is 0. The van der Waals surface area contributed by atoms with Crippen LogP contribution < -0.4 is 10.9 Å². The molecule has 1 saturated carbocycles. The van der Waals surface area contributed by atoms with E-state index >= 15 is 0 Å². The Morgan fingerprint density at radius 1 is 1.44 bits per heavy atom. The first-order chi connectivity index (χ1) is 13.0. The van der Waals surface area contributed by atoms with Crippen molar-refractivity contribution in [3.8, 4) is 6.07 Å². The van der Waals surface area contributed by atoms with Crippen LogP contribution in [-0.4, -0.2) is 26.8 Å². The minimum atomic E-state index is -0.745. The van der Waals surface area contributed by atoms with Gasteiger partial charge in [0.25, 0.3) is 5.56 Å². The van der Waals surface area contributed by atoms with E-state index in [1.807, 2.05) is 6.92 Å². The van der Waals surface area contributed by atoms with E-state index in [4.69, 9.17) is 11.6 Å². The molecule has 0 bridgehead atoms. The molecule has 142 valence electrons. The summed E-state index contributed by atoms with van der Waals surface area (Å²) in [5, 5.41) is 13.8. The highest BCUT2D eigenvalue weighted by molar-refractivity contribution is 7.99. The first-order valence-corrected chi connectivity index (χ1v) is 10.4. The molecule has 27 heavy (non-hydrogen) atoms. The third kappa shape index (κ3) is 4.28. The Balaban J connectivity index is 1.83. The number of aromatic nitrogens is 2. The molecular formula is C19H21ClN4O2S. The van der Waals surface area contributed by atoms with Crippen molar-refractivity contribution < 1.29 is 4.79 Å². The summed E-state index contributed by atoms with van der Waals surface area (Å²) in [6, 6.07) is 7.26. The highest BCUT2D eigenvalue weighted by Crippen LogP contribution is 2.29. The molecule has 1 fully saturated rings. The summed E-state index contributed by atoms with van der Waals surface area (Å²) < 4.78 is 1.60. The van der Waals surface area contributed by atoms with Crippen molar-refractivity contribution in [2.45, 2.75) is 56.3 Å². The topological polar surface area (TPSA) is 87.8 Å². The molecule has 6 nitrogen and oxygen atoms in total. The number of carbonyl (C=O) groups is 1. The number of hydrogen-bond donors (Lipinski definition) is 1. The van der Waals surface area contributed by atoms with Gasteiger partial charge in [-0.15, -0.1) is 0 Å². The largest absolute Gasteiger partial charge is 0.337 e. The monoisotopic (exact) mass is 404 g/mol. The summed E-state index contributed by atoms with van der Waals surface area (Å²) in [5.41, 5.74) is -0.358. The Morgan fingerprint density at radius 3 is 2.85 bits per heavy atom. The number of rotatable bonds is 6. The number of amides is 1. The van der Waals surface area contributed by atoms with Gasteiger partial charge in [-0.25, -0.2) is 4.98 Å². The van der Waals surface area contributed by atoms with Gasteiger partial charge in [0.05, 0.1) is 22.7 Å². The lowest BCUT2D eigenvalue weighted by Gasteiger charge is -2.22. The van der Waals surface area contributed by atoms with Crippen LogP contribution in [-0.2, 0) is 11.3 Å². The van der Waals surface area contributed by atoms with E-state index < -0.39 is 5.54 Å². The SMILES string of the molecule is CCCn1c(SCC(=O)NC2(C#N)CCCC2)nc2cc(Cl)ccc2c1=O. The molecule has 1 aliphatic rings. The predicted molar refractivity (Wildman–Crippen MR) is 107 cm³/mol. The van der Waals surface area contributed by atoms with Crippen molar-refractivity contribution in [1.82, 2.24) is 14.9 Å². The third-order valence-corrected chi connectivity index (χ3v) is 5.92. The van der Waals surface area contributed by atoms with Gasteiger partial charge in [0.1, 0.15) is 5.54 Å². The molecule has 1 N–H and O–H groups in total. The summed E-state index contributed by atoms with van der Waals surface area (Å²) in [6.07, 6.45) is 4.05. The number of carbonyl (C=O) groups excluding carboxylic acids is 1. The van der Waals surface area contributed by atoms with Crippen LogP contribution in [0.1, 0.15) is 39.0 Å². The second-order valence-corrected chi connectivity index (χ2v) is 8.13. The van der Waals surface area contributed by atoms with Gasteiger partial charge in [0, 0.05) is 11.6 Å². The maximum atomic E-state index is 12.8. The molecule has 1 amide bonds. The van der Waals surface area contributed by atoms with Crippen molar-refractivity contribution in [2.24, 2.45) is 0 Å². The molecule has 1 aromatic heterocycles. The number of benzene rings is 1. The van der Waals surface area contributed by atoms with Crippen molar-refractivity contribution in [2.75, 3.05) is 5.75 Å². The summed E-state index contributed by atoms with van der Waals surface area (Å²) in [5.74, 6) is -0.113. The van der Waals surface area contributed by atoms with E-state index in [1.54, 1.807) is 22.8 Å². The van der Waals surface area contributed by atoms with Crippen LogP contribution in [0.25, 0.3) is 10.9 Å². The van der Waals surface area contributed by atoms with E-state index in [1.165, 1.54) is 11.8 Å². The van der Waals surface area contributed by atoms with Crippen LogP contribution in [0.2, 0.25) is 5.02 Å². The molecule has 8 heteroatoms. The Bertz CT molecular complexity index is 961. The average molecular weight is 405 g/mol.